The maximum Gasteiger partial charge on any atom is 0.141 e. The molecule has 1 saturated carbocycles. The van der Waals surface area contributed by atoms with Gasteiger partial charge in [-0.15, -0.1) is 0 Å². The molecule has 2 N–H and O–H groups in total. The van der Waals surface area contributed by atoms with Gasteiger partial charge in [0.2, 0.25) is 0 Å². The summed E-state index contributed by atoms with van der Waals surface area (Å²) in [5.74, 6) is 0.268. The van der Waals surface area contributed by atoms with Crippen LogP contribution in [0.1, 0.15) is 24.6 Å². The van der Waals surface area contributed by atoms with E-state index in [0.717, 1.165) is 5.69 Å². The molecular formula is C9H11FN2. The van der Waals surface area contributed by atoms with Crippen LogP contribution in [0.5, 0.6) is 0 Å². The van der Waals surface area contributed by atoms with E-state index in [0.29, 0.717) is 5.92 Å². The molecule has 1 aromatic heterocycles. The van der Waals surface area contributed by atoms with Crippen LogP contribution < -0.4 is 5.73 Å². The van der Waals surface area contributed by atoms with E-state index in [2.05, 4.69) is 4.98 Å². The van der Waals surface area contributed by atoms with Crippen LogP contribution in [0, 0.1) is 11.7 Å². The summed E-state index contributed by atoms with van der Waals surface area (Å²) >= 11 is 0. The second-order valence-electron chi connectivity index (χ2n) is 3.26. The molecule has 0 unspecified atom stereocenters. The Labute approximate surface area is 70.6 Å². The van der Waals surface area contributed by atoms with Crippen molar-refractivity contribution in [1.82, 2.24) is 4.98 Å². The summed E-state index contributed by atoms with van der Waals surface area (Å²) in [6.45, 7) is 0. The summed E-state index contributed by atoms with van der Waals surface area (Å²) in [7, 11) is 0. The van der Waals surface area contributed by atoms with Crippen LogP contribution >= 0.6 is 0 Å². The van der Waals surface area contributed by atoms with Gasteiger partial charge in [-0.3, -0.25) is 4.98 Å². The molecule has 0 bridgehead atoms. The molecule has 2 rings (SSSR count). The summed E-state index contributed by atoms with van der Waals surface area (Å²) < 4.78 is 12.5. The first-order valence-electron chi connectivity index (χ1n) is 4.14. The van der Waals surface area contributed by atoms with E-state index in [9.17, 15) is 4.39 Å². The lowest BCUT2D eigenvalue weighted by Crippen LogP contribution is -2.13. The average Bonchev–Trinajstić information content (AvgIpc) is 2.87. The van der Waals surface area contributed by atoms with Crippen molar-refractivity contribution in [3.05, 3.63) is 29.8 Å². The molecule has 1 aliphatic rings. The normalized spacial score (nSPS) is 19.2. The van der Waals surface area contributed by atoms with Gasteiger partial charge in [-0.05, 0) is 30.9 Å². The number of hydrogen-bond donors (Lipinski definition) is 1. The minimum absolute atomic E-state index is 0.00519. The lowest BCUT2D eigenvalue weighted by molar-refractivity contribution is 0.592. The minimum Gasteiger partial charge on any atom is -0.322 e. The quantitative estimate of drug-likeness (QED) is 0.725. The van der Waals surface area contributed by atoms with Crippen LogP contribution in [0.15, 0.2) is 18.3 Å². The lowest BCUT2D eigenvalue weighted by atomic mass is 10.1. The lowest BCUT2D eigenvalue weighted by Gasteiger charge is -2.08. The third-order valence-electron chi connectivity index (χ3n) is 2.22. The fourth-order valence-electron chi connectivity index (χ4n) is 1.28. The van der Waals surface area contributed by atoms with E-state index in [1.165, 1.54) is 25.1 Å². The minimum atomic E-state index is -0.304. The third-order valence-corrected chi connectivity index (χ3v) is 2.22. The van der Waals surface area contributed by atoms with Crippen molar-refractivity contribution in [3.63, 3.8) is 0 Å². The number of nitrogens with two attached hydrogens (primary N) is 1. The predicted octanol–water partition coefficient (Wildman–Crippen LogP) is 1.63. The van der Waals surface area contributed by atoms with Gasteiger partial charge in [0.05, 0.1) is 11.9 Å². The SMILES string of the molecule is N[C@H](c1ccc(F)cn1)C1CC1. The Bertz CT molecular complexity index is 266. The van der Waals surface area contributed by atoms with E-state index >= 15 is 0 Å². The Morgan fingerprint density at radius 3 is 2.75 bits per heavy atom. The summed E-state index contributed by atoms with van der Waals surface area (Å²) in [6.07, 6.45) is 3.58. The second kappa shape index (κ2) is 2.83. The molecule has 2 nitrogen and oxygen atoms in total. The molecule has 0 saturated heterocycles. The molecule has 1 heterocycles. The van der Waals surface area contributed by atoms with Crippen molar-refractivity contribution >= 4 is 0 Å². The summed E-state index contributed by atoms with van der Waals surface area (Å²) in [5, 5.41) is 0. The molecular weight excluding hydrogens is 155 g/mol. The molecule has 1 aliphatic carbocycles. The zero-order chi connectivity index (χ0) is 8.55. The highest BCUT2D eigenvalue weighted by Crippen LogP contribution is 2.38. The van der Waals surface area contributed by atoms with Crippen molar-refractivity contribution in [1.29, 1.82) is 0 Å². The van der Waals surface area contributed by atoms with Crippen molar-refractivity contribution in [2.75, 3.05) is 0 Å². The van der Waals surface area contributed by atoms with Gasteiger partial charge in [0.25, 0.3) is 0 Å². The zero-order valence-corrected chi connectivity index (χ0v) is 6.70. The first-order valence-corrected chi connectivity index (χ1v) is 4.14. The Hall–Kier alpha value is -0.960. The highest BCUT2D eigenvalue weighted by molar-refractivity contribution is 5.12. The monoisotopic (exact) mass is 166 g/mol. The molecule has 0 radical (unpaired) electrons. The first kappa shape index (κ1) is 7.68. The molecule has 1 atom stereocenters. The van der Waals surface area contributed by atoms with Gasteiger partial charge in [-0.1, -0.05) is 0 Å². The number of rotatable bonds is 2. The molecule has 1 aromatic rings. The van der Waals surface area contributed by atoms with Gasteiger partial charge >= 0.3 is 0 Å². The van der Waals surface area contributed by atoms with E-state index in [1.54, 1.807) is 6.07 Å². The van der Waals surface area contributed by atoms with Gasteiger partial charge < -0.3 is 5.73 Å². The summed E-state index contributed by atoms with van der Waals surface area (Å²) in [6, 6.07) is 3.08. The van der Waals surface area contributed by atoms with Gasteiger partial charge in [0.15, 0.2) is 0 Å². The molecule has 64 valence electrons. The first-order chi connectivity index (χ1) is 5.77. The van der Waals surface area contributed by atoms with Crippen molar-refractivity contribution in [2.24, 2.45) is 11.7 Å². The van der Waals surface area contributed by atoms with Crippen LogP contribution in [0.2, 0.25) is 0 Å². The van der Waals surface area contributed by atoms with Crippen molar-refractivity contribution < 1.29 is 4.39 Å². The highest BCUT2D eigenvalue weighted by atomic mass is 19.1. The number of pyridine rings is 1. The Balaban J connectivity index is 2.16. The van der Waals surface area contributed by atoms with Gasteiger partial charge in [0.1, 0.15) is 5.82 Å². The number of halogens is 1. The summed E-state index contributed by atoms with van der Waals surface area (Å²) in [4.78, 5) is 3.94. The van der Waals surface area contributed by atoms with Crippen LogP contribution in [0.25, 0.3) is 0 Å². The Morgan fingerprint density at radius 1 is 1.50 bits per heavy atom. The third kappa shape index (κ3) is 1.46. The largest absolute Gasteiger partial charge is 0.322 e. The second-order valence-corrected chi connectivity index (χ2v) is 3.26. The topological polar surface area (TPSA) is 38.9 Å². The zero-order valence-electron chi connectivity index (χ0n) is 6.70. The summed E-state index contributed by atoms with van der Waals surface area (Å²) in [5.41, 5.74) is 6.67. The van der Waals surface area contributed by atoms with Crippen LogP contribution in [-0.2, 0) is 0 Å². The average molecular weight is 166 g/mol. The van der Waals surface area contributed by atoms with E-state index in [1.807, 2.05) is 0 Å². The standard InChI is InChI=1S/C9H11FN2/c10-7-3-4-8(12-5-7)9(11)6-1-2-6/h3-6,9H,1-2,11H2/t9-/m0/s1. The predicted molar refractivity (Wildman–Crippen MR) is 43.8 cm³/mol. The van der Waals surface area contributed by atoms with Crippen molar-refractivity contribution in [3.8, 4) is 0 Å². The molecule has 12 heavy (non-hydrogen) atoms. The molecule has 0 amide bonds. The molecule has 0 aliphatic heterocycles. The molecule has 3 heteroatoms. The van der Waals surface area contributed by atoms with E-state index in [4.69, 9.17) is 5.73 Å². The Kier molecular flexibility index (Phi) is 1.81. The number of nitrogens with zero attached hydrogens (tertiary/aromatic N) is 1. The molecule has 1 fully saturated rings. The smallest absolute Gasteiger partial charge is 0.141 e. The van der Waals surface area contributed by atoms with Gasteiger partial charge in [-0.2, -0.15) is 0 Å². The maximum absolute atomic E-state index is 12.5. The van der Waals surface area contributed by atoms with Crippen LogP contribution in [0.4, 0.5) is 4.39 Å². The maximum atomic E-state index is 12.5. The van der Waals surface area contributed by atoms with E-state index in [-0.39, 0.29) is 11.9 Å². The highest BCUT2D eigenvalue weighted by Gasteiger charge is 2.30. The van der Waals surface area contributed by atoms with Crippen molar-refractivity contribution in [2.45, 2.75) is 18.9 Å². The van der Waals surface area contributed by atoms with Gasteiger partial charge in [-0.25, -0.2) is 4.39 Å². The fraction of sp³-hybridized carbons (Fsp3) is 0.444. The van der Waals surface area contributed by atoms with Crippen LogP contribution in [-0.4, -0.2) is 4.98 Å². The molecule has 0 aromatic carbocycles. The number of hydrogen-bond acceptors (Lipinski definition) is 2. The molecule has 0 spiro atoms. The van der Waals surface area contributed by atoms with Crippen LogP contribution in [0.3, 0.4) is 0 Å². The Morgan fingerprint density at radius 2 is 2.25 bits per heavy atom. The van der Waals surface area contributed by atoms with Gasteiger partial charge in [0, 0.05) is 6.04 Å². The number of aromatic nitrogens is 1. The fourth-order valence-corrected chi connectivity index (χ4v) is 1.28. The van der Waals surface area contributed by atoms with E-state index < -0.39 is 0 Å².